The van der Waals surface area contributed by atoms with E-state index < -0.39 is 5.97 Å². The van der Waals surface area contributed by atoms with Crippen molar-refractivity contribution in [1.29, 1.82) is 0 Å². The van der Waals surface area contributed by atoms with Gasteiger partial charge in [0.1, 0.15) is 5.75 Å². The Labute approximate surface area is 106 Å². The van der Waals surface area contributed by atoms with Gasteiger partial charge in [0, 0.05) is 0 Å². The van der Waals surface area contributed by atoms with Crippen molar-refractivity contribution in [3.63, 3.8) is 0 Å². The van der Waals surface area contributed by atoms with Gasteiger partial charge in [-0.2, -0.15) is 0 Å². The average Bonchev–Trinajstić information content (AvgIpc) is 2.39. The van der Waals surface area contributed by atoms with Crippen molar-refractivity contribution in [2.24, 2.45) is 0 Å². The fourth-order valence-corrected chi connectivity index (χ4v) is 1.86. The molecule has 0 radical (unpaired) electrons. The van der Waals surface area contributed by atoms with E-state index in [1.165, 1.54) is 0 Å². The van der Waals surface area contributed by atoms with E-state index in [0.717, 1.165) is 22.4 Å². The van der Waals surface area contributed by atoms with Crippen molar-refractivity contribution >= 4 is 5.97 Å². The zero-order valence-electron chi connectivity index (χ0n) is 10.3. The van der Waals surface area contributed by atoms with Gasteiger partial charge in [-0.15, -0.1) is 0 Å². The summed E-state index contributed by atoms with van der Waals surface area (Å²) >= 11 is 0. The van der Waals surface area contributed by atoms with Crippen LogP contribution in [-0.2, 0) is 0 Å². The highest BCUT2D eigenvalue weighted by Crippen LogP contribution is 2.28. The van der Waals surface area contributed by atoms with Crippen LogP contribution in [0.5, 0.6) is 5.75 Å². The number of carbonyl (C=O) groups is 1. The van der Waals surface area contributed by atoms with Gasteiger partial charge < -0.3 is 9.84 Å². The summed E-state index contributed by atoms with van der Waals surface area (Å²) in [5, 5.41) is 9.00. The molecule has 0 spiro atoms. The van der Waals surface area contributed by atoms with Crippen molar-refractivity contribution in [2.45, 2.75) is 6.92 Å². The van der Waals surface area contributed by atoms with Crippen molar-refractivity contribution in [3.05, 3.63) is 53.6 Å². The number of carboxylic acid groups (broad SMARTS) is 1. The Kier molecular flexibility index (Phi) is 3.33. The van der Waals surface area contributed by atoms with E-state index in [0.29, 0.717) is 0 Å². The van der Waals surface area contributed by atoms with Crippen LogP contribution in [-0.4, -0.2) is 18.2 Å². The van der Waals surface area contributed by atoms with Crippen molar-refractivity contribution in [1.82, 2.24) is 0 Å². The number of aromatic carboxylic acids is 1. The summed E-state index contributed by atoms with van der Waals surface area (Å²) in [7, 11) is 1.61. The summed E-state index contributed by atoms with van der Waals surface area (Å²) < 4.78 is 5.19. The Hall–Kier alpha value is -2.29. The highest BCUT2D eigenvalue weighted by Gasteiger charge is 2.07. The molecular formula is C15H14O3. The van der Waals surface area contributed by atoms with E-state index in [9.17, 15) is 4.79 Å². The molecule has 2 rings (SSSR count). The van der Waals surface area contributed by atoms with Gasteiger partial charge in [0.05, 0.1) is 12.7 Å². The van der Waals surface area contributed by atoms with Crippen LogP contribution in [0.4, 0.5) is 0 Å². The van der Waals surface area contributed by atoms with Crippen LogP contribution >= 0.6 is 0 Å². The van der Waals surface area contributed by atoms with Gasteiger partial charge in [0.25, 0.3) is 0 Å². The fourth-order valence-electron chi connectivity index (χ4n) is 1.86. The number of benzene rings is 2. The lowest BCUT2D eigenvalue weighted by Gasteiger charge is -2.09. The zero-order chi connectivity index (χ0) is 13.1. The van der Waals surface area contributed by atoms with Crippen LogP contribution in [0.25, 0.3) is 11.1 Å². The Morgan fingerprint density at radius 3 is 2.61 bits per heavy atom. The first-order valence-corrected chi connectivity index (χ1v) is 5.60. The molecule has 0 aliphatic carbocycles. The fraction of sp³-hybridized carbons (Fsp3) is 0.133. The molecule has 0 atom stereocenters. The quantitative estimate of drug-likeness (QED) is 0.897. The van der Waals surface area contributed by atoms with Gasteiger partial charge >= 0.3 is 5.97 Å². The third-order valence-electron chi connectivity index (χ3n) is 2.87. The van der Waals surface area contributed by atoms with Crippen LogP contribution in [0.2, 0.25) is 0 Å². The molecule has 0 aromatic heterocycles. The molecule has 1 N–H and O–H groups in total. The van der Waals surface area contributed by atoms with Crippen LogP contribution in [0.3, 0.4) is 0 Å². The Bertz CT molecular complexity index is 588. The molecule has 0 unspecified atom stereocenters. The normalized spacial score (nSPS) is 10.1. The van der Waals surface area contributed by atoms with Crippen LogP contribution < -0.4 is 4.74 Å². The zero-order valence-corrected chi connectivity index (χ0v) is 10.3. The van der Waals surface area contributed by atoms with E-state index in [1.807, 2.05) is 31.2 Å². The Balaban J connectivity index is 2.54. The molecule has 0 amide bonds. The first-order chi connectivity index (χ1) is 8.61. The predicted molar refractivity (Wildman–Crippen MR) is 70.1 cm³/mol. The first-order valence-electron chi connectivity index (χ1n) is 5.60. The lowest BCUT2D eigenvalue weighted by molar-refractivity contribution is 0.0697. The molecule has 2 aromatic carbocycles. The van der Waals surface area contributed by atoms with E-state index >= 15 is 0 Å². The SMILES string of the molecule is COc1ccc(C)c(-c2cccc(C(=O)O)c2)c1. The minimum Gasteiger partial charge on any atom is -0.497 e. The highest BCUT2D eigenvalue weighted by molar-refractivity contribution is 5.89. The van der Waals surface area contributed by atoms with Crippen molar-refractivity contribution in [2.75, 3.05) is 7.11 Å². The molecular weight excluding hydrogens is 228 g/mol. The Morgan fingerprint density at radius 1 is 1.17 bits per heavy atom. The number of hydrogen-bond donors (Lipinski definition) is 1. The molecule has 3 nitrogen and oxygen atoms in total. The monoisotopic (exact) mass is 242 g/mol. The molecule has 3 heteroatoms. The van der Waals surface area contributed by atoms with Crippen molar-refractivity contribution in [3.8, 4) is 16.9 Å². The van der Waals surface area contributed by atoms with Crippen LogP contribution in [0, 0.1) is 6.92 Å². The first kappa shape index (κ1) is 12.2. The summed E-state index contributed by atoms with van der Waals surface area (Å²) in [6, 6.07) is 12.7. The second kappa shape index (κ2) is 4.92. The summed E-state index contributed by atoms with van der Waals surface area (Å²) in [4.78, 5) is 11.0. The number of hydrogen-bond acceptors (Lipinski definition) is 2. The molecule has 0 heterocycles. The Morgan fingerprint density at radius 2 is 1.94 bits per heavy atom. The number of aryl methyl sites for hydroxylation is 1. The van der Waals surface area contributed by atoms with E-state index in [4.69, 9.17) is 9.84 Å². The molecule has 0 aliphatic heterocycles. The molecule has 18 heavy (non-hydrogen) atoms. The van der Waals surface area contributed by atoms with E-state index in [-0.39, 0.29) is 5.56 Å². The molecule has 92 valence electrons. The summed E-state index contributed by atoms with van der Waals surface area (Å²) in [5.41, 5.74) is 3.23. The lowest BCUT2D eigenvalue weighted by Crippen LogP contribution is -1.96. The minimum absolute atomic E-state index is 0.287. The lowest BCUT2D eigenvalue weighted by atomic mass is 9.98. The second-order valence-corrected chi connectivity index (χ2v) is 4.07. The maximum absolute atomic E-state index is 11.0. The largest absolute Gasteiger partial charge is 0.497 e. The number of carboxylic acids is 1. The summed E-state index contributed by atoms with van der Waals surface area (Å²) in [5.74, 6) is -0.159. The van der Waals surface area contributed by atoms with Gasteiger partial charge in [0.15, 0.2) is 0 Å². The average molecular weight is 242 g/mol. The maximum atomic E-state index is 11.0. The molecule has 0 saturated heterocycles. The third kappa shape index (κ3) is 2.35. The molecule has 0 bridgehead atoms. The summed E-state index contributed by atoms with van der Waals surface area (Å²) in [6.07, 6.45) is 0. The van der Waals surface area contributed by atoms with Gasteiger partial charge in [-0.3, -0.25) is 0 Å². The number of rotatable bonds is 3. The number of methoxy groups -OCH3 is 1. The molecule has 0 saturated carbocycles. The maximum Gasteiger partial charge on any atom is 0.335 e. The topological polar surface area (TPSA) is 46.5 Å². The van der Waals surface area contributed by atoms with E-state index in [2.05, 4.69) is 0 Å². The number of ether oxygens (including phenoxy) is 1. The van der Waals surface area contributed by atoms with Crippen molar-refractivity contribution < 1.29 is 14.6 Å². The minimum atomic E-state index is -0.919. The molecule has 0 fully saturated rings. The predicted octanol–water partition coefficient (Wildman–Crippen LogP) is 3.37. The summed E-state index contributed by atoms with van der Waals surface area (Å²) in [6.45, 7) is 1.99. The smallest absolute Gasteiger partial charge is 0.335 e. The second-order valence-electron chi connectivity index (χ2n) is 4.07. The third-order valence-corrected chi connectivity index (χ3v) is 2.87. The standard InChI is InChI=1S/C15H14O3/c1-10-6-7-13(18-2)9-14(10)11-4-3-5-12(8-11)15(16)17/h3-9H,1-2H3,(H,16,17). The van der Waals surface area contributed by atoms with Crippen LogP contribution in [0.15, 0.2) is 42.5 Å². The van der Waals surface area contributed by atoms with E-state index in [1.54, 1.807) is 25.3 Å². The van der Waals surface area contributed by atoms with Gasteiger partial charge in [-0.05, 0) is 47.9 Å². The van der Waals surface area contributed by atoms with Crippen LogP contribution in [0.1, 0.15) is 15.9 Å². The highest BCUT2D eigenvalue weighted by atomic mass is 16.5. The molecule has 2 aromatic rings. The molecule has 0 aliphatic rings. The van der Waals surface area contributed by atoms with Gasteiger partial charge in [-0.1, -0.05) is 18.2 Å². The van der Waals surface area contributed by atoms with Gasteiger partial charge in [-0.25, -0.2) is 4.79 Å². The van der Waals surface area contributed by atoms with Gasteiger partial charge in [0.2, 0.25) is 0 Å².